The lowest BCUT2D eigenvalue weighted by atomic mass is 9.89. The van der Waals surface area contributed by atoms with Gasteiger partial charge in [-0.15, -0.1) is 0 Å². The Hall–Kier alpha value is -0.640. The van der Waals surface area contributed by atoms with Crippen molar-refractivity contribution in [1.82, 2.24) is 10.7 Å². The summed E-state index contributed by atoms with van der Waals surface area (Å²) >= 11 is 5.11. The molecule has 0 heterocycles. The third-order valence-electron chi connectivity index (χ3n) is 2.61. The van der Waals surface area contributed by atoms with E-state index in [0.29, 0.717) is 17.1 Å². The maximum absolute atomic E-state index is 5.11. The van der Waals surface area contributed by atoms with Gasteiger partial charge in [-0.05, 0) is 51.2 Å². The van der Waals surface area contributed by atoms with Crippen molar-refractivity contribution < 1.29 is 0 Å². The molecule has 15 heavy (non-hydrogen) atoms. The van der Waals surface area contributed by atoms with Gasteiger partial charge >= 0.3 is 0 Å². The van der Waals surface area contributed by atoms with Gasteiger partial charge in [0.25, 0.3) is 0 Å². The first kappa shape index (κ1) is 12.4. The molecule has 1 aliphatic carbocycles. The van der Waals surface area contributed by atoms with E-state index in [1.165, 1.54) is 25.0 Å². The van der Waals surface area contributed by atoms with E-state index in [9.17, 15) is 0 Å². The Bertz CT molecular complexity index is 248. The Labute approximate surface area is 97.7 Å². The molecule has 1 fully saturated rings. The Morgan fingerprint density at radius 1 is 1.47 bits per heavy atom. The van der Waals surface area contributed by atoms with Crippen LogP contribution in [-0.2, 0) is 0 Å². The molecular weight excluding hydrogens is 206 g/mol. The molecule has 1 aliphatic rings. The summed E-state index contributed by atoms with van der Waals surface area (Å²) in [5, 5.41) is 8.11. The molecule has 1 atom stereocenters. The van der Waals surface area contributed by atoms with Crippen LogP contribution in [0.4, 0.5) is 0 Å². The van der Waals surface area contributed by atoms with E-state index in [1.54, 1.807) is 0 Å². The van der Waals surface area contributed by atoms with Crippen molar-refractivity contribution in [2.24, 2.45) is 11.0 Å². The Morgan fingerprint density at radius 2 is 2.20 bits per heavy atom. The van der Waals surface area contributed by atoms with Crippen molar-refractivity contribution in [2.75, 3.05) is 0 Å². The number of nitrogens with zero attached hydrogens (tertiary/aromatic N) is 1. The van der Waals surface area contributed by atoms with E-state index in [1.807, 2.05) is 0 Å². The lowest BCUT2D eigenvalue weighted by Crippen LogP contribution is -2.37. The summed E-state index contributed by atoms with van der Waals surface area (Å²) in [4.78, 5) is 0. The molecule has 0 amide bonds. The summed E-state index contributed by atoms with van der Waals surface area (Å²) in [6, 6.07) is 0.356. The molecule has 3 nitrogen and oxygen atoms in total. The highest BCUT2D eigenvalue weighted by molar-refractivity contribution is 7.80. The first-order chi connectivity index (χ1) is 7.09. The molecule has 4 heteroatoms. The molecule has 0 unspecified atom stereocenters. The number of hydrazone groups is 1. The van der Waals surface area contributed by atoms with Gasteiger partial charge in [0.15, 0.2) is 5.11 Å². The van der Waals surface area contributed by atoms with Gasteiger partial charge in [0.05, 0.1) is 0 Å². The second-order valence-corrected chi connectivity index (χ2v) is 4.90. The van der Waals surface area contributed by atoms with Gasteiger partial charge in [-0.25, -0.2) is 0 Å². The van der Waals surface area contributed by atoms with Crippen molar-refractivity contribution >= 4 is 23.0 Å². The average Bonchev–Trinajstić information content (AvgIpc) is 2.15. The highest BCUT2D eigenvalue weighted by Crippen LogP contribution is 2.20. The number of rotatable bonds is 2. The smallest absolute Gasteiger partial charge is 0.187 e. The van der Waals surface area contributed by atoms with Crippen LogP contribution in [0.1, 0.15) is 46.5 Å². The molecule has 2 N–H and O–H groups in total. The quantitative estimate of drug-likeness (QED) is 0.562. The molecule has 0 bridgehead atoms. The zero-order valence-corrected chi connectivity index (χ0v) is 10.7. The van der Waals surface area contributed by atoms with Gasteiger partial charge in [-0.2, -0.15) is 5.10 Å². The Kier molecular flexibility index (Phi) is 5.02. The Balaban J connectivity index is 2.38. The van der Waals surface area contributed by atoms with Crippen molar-refractivity contribution in [1.29, 1.82) is 0 Å². The van der Waals surface area contributed by atoms with Crippen molar-refractivity contribution in [3.63, 3.8) is 0 Å². The van der Waals surface area contributed by atoms with E-state index in [0.717, 1.165) is 6.42 Å². The number of thiocarbonyl (C=S) groups is 1. The van der Waals surface area contributed by atoms with Crippen LogP contribution in [0.15, 0.2) is 5.10 Å². The van der Waals surface area contributed by atoms with Crippen molar-refractivity contribution in [3.05, 3.63) is 0 Å². The molecule has 0 spiro atoms. The van der Waals surface area contributed by atoms with Crippen LogP contribution >= 0.6 is 12.2 Å². The normalized spacial score (nSPS) is 24.3. The summed E-state index contributed by atoms with van der Waals surface area (Å²) in [6.07, 6.45) is 4.95. The van der Waals surface area contributed by atoms with E-state index >= 15 is 0 Å². The van der Waals surface area contributed by atoms with Crippen LogP contribution in [0.25, 0.3) is 0 Å². The van der Waals surface area contributed by atoms with Crippen LogP contribution in [-0.4, -0.2) is 16.9 Å². The first-order valence-corrected chi connectivity index (χ1v) is 6.13. The highest BCUT2D eigenvalue weighted by atomic mass is 32.1. The van der Waals surface area contributed by atoms with Gasteiger partial charge < -0.3 is 5.32 Å². The van der Waals surface area contributed by atoms with E-state index in [4.69, 9.17) is 12.2 Å². The minimum absolute atomic E-state index is 0.356. The summed E-state index contributed by atoms with van der Waals surface area (Å²) in [6.45, 7) is 6.35. The molecule has 0 aromatic heterocycles. The van der Waals surface area contributed by atoms with E-state index in [2.05, 4.69) is 36.6 Å². The van der Waals surface area contributed by atoms with Gasteiger partial charge in [0, 0.05) is 11.8 Å². The first-order valence-electron chi connectivity index (χ1n) is 5.72. The lowest BCUT2D eigenvalue weighted by molar-refractivity contribution is 0.555. The molecule has 0 aliphatic heterocycles. The molecule has 0 saturated heterocycles. The van der Waals surface area contributed by atoms with Crippen LogP contribution in [0.5, 0.6) is 0 Å². The second-order valence-electron chi connectivity index (χ2n) is 4.49. The SMILES string of the molecule is CC(C)NC(=S)N/N=C1/CCCC[C@H]1C. The largest absolute Gasteiger partial charge is 0.359 e. The minimum atomic E-state index is 0.356. The third kappa shape index (κ3) is 4.60. The van der Waals surface area contributed by atoms with Gasteiger partial charge in [-0.1, -0.05) is 13.3 Å². The predicted octanol–water partition coefficient (Wildman–Crippen LogP) is 2.43. The van der Waals surface area contributed by atoms with E-state index in [-0.39, 0.29) is 0 Å². The van der Waals surface area contributed by atoms with Crippen LogP contribution in [0.3, 0.4) is 0 Å². The molecular formula is C11H21N3S. The topological polar surface area (TPSA) is 36.4 Å². The summed E-state index contributed by atoms with van der Waals surface area (Å²) in [5.74, 6) is 0.605. The number of nitrogens with one attached hydrogen (secondary N) is 2. The van der Waals surface area contributed by atoms with E-state index < -0.39 is 0 Å². The fraction of sp³-hybridized carbons (Fsp3) is 0.818. The fourth-order valence-electron chi connectivity index (χ4n) is 1.75. The second kappa shape index (κ2) is 6.05. The highest BCUT2D eigenvalue weighted by Gasteiger charge is 2.15. The minimum Gasteiger partial charge on any atom is -0.359 e. The molecule has 0 radical (unpaired) electrons. The average molecular weight is 227 g/mol. The van der Waals surface area contributed by atoms with Gasteiger partial charge in [-0.3, -0.25) is 5.43 Å². The molecule has 0 aromatic carbocycles. The molecule has 0 aromatic rings. The Morgan fingerprint density at radius 3 is 2.80 bits per heavy atom. The molecule has 1 saturated carbocycles. The van der Waals surface area contributed by atoms with Crippen LogP contribution < -0.4 is 10.7 Å². The number of hydrogen-bond acceptors (Lipinski definition) is 2. The standard InChI is InChI=1S/C11H21N3S/c1-8(2)12-11(15)14-13-10-7-5-4-6-9(10)3/h8-9H,4-7H2,1-3H3,(H2,12,14,15)/b13-10-/t9-/m1/s1. The monoisotopic (exact) mass is 227 g/mol. The summed E-state index contributed by atoms with van der Waals surface area (Å²) < 4.78 is 0. The summed E-state index contributed by atoms with van der Waals surface area (Å²) in [7, 11) is 0. The van der Waals surface area contributed by atoms with Crippen molar-refractivity contribution in [2.45, 2.75) is 52.5 Å². The fourth-order valence-corrected chi connectivity index (χ4v) is 2.03. The van der Waals surface area contributed by atoms with Crippen LogP contribution in [0, 0.1) is 5.92 Å². The third-order valence-corrected chi connectivity index (χ3v) is 2.82. The summed E-state index contributed by atoms with van der Waals surface area (Å²) in [5.41, 5.74) is 4.18. The lowest BCUT2D eigenvalue weighted by Gasteiger charge is -2.20. The van der Waals surface area contributed by atoms with Gasteiger partial charge in [0.1, 0.15) is 0 Å². The number of hydrogen-bond donors (Lipinski definition) is 2. The zero-order chi connectivity index (χ0) is 11.3. The zero-order valence-electron chi connectivity index (χ0n) is 9.84. The molecule has 86 valence electrons. The van der Waals surface area contributed by atoms with Crippen molar-refractivity contribution in [3.8, 4) is 0 Å². The molecule has 1 rings (SSSR count). The maximum Gasteiger partial charge on any atom is 0.187 e. The predicted molar refractivity (Wildman–Crippen MR) is 69.1 cm³/mol. The van der Waals surface area contributed by atoms with Gasteiger partial charge in [0.2, 0.25) is 0 Å². The maximum atomic E-state index is 5.11. The van der Waals surface area contributed by atoms with Crippen LogP contribution in [0.2, 0.25) is 0 Å².